The number of hydrogen-bond donors (Lipinski definition) is 0. The van der Waals surface area contributed by atoms with Crippen LogP contribution >= 0.6 is 0 Å². The molecule has 0 radical (unpaired) electrons. The number of ether oxygens (including phenoxy) is 2. The van der Waals surface area contributed by atoms with Crippen LogP contribution in [0.5, 0.6) is 11.6 Å². The summed E-state index contributed by atoms with van der Waals surface area (Å²) >= 11 is 0. The maximum absolute atomic E-state index is 12.5. The molecule has 2 heterocycles. The molecule has 0 spiro atoms. The van der Waals surface area contributed by atoms with Crippen LogP contribution in [0.1, 0.15) is 32.1 Å². The van der Waals surface area contributed by atoms with Crippen LogP contribution in [-0.2, 0) is 0 Å². The van der Waals surface area contributed by atoms with E-state index in [1.807, 2.05) is 0 Å². The maximum Gasteiger partial charge on any atom is 0.573 e. The highest BCUT2D eigenvalue weighted by molar-refractivity contribution is 5.64. The zero-order valence-corrected chi connectivity index (χ0v) is 15.2. The molecule has 0 bridgehead atoms. The van der Waals surface area contributed by atoms with Crippen molar-refractivity contribution in [2.45, 2.75) is 38.5 Å². The van der Waals surface area contributed by atoms with Gasteiger partial charge in [-0.2, -0.15) is 0 Å². The van der Waals surface area contributed by atoms with Gasteiger partial charge in [0.1, 0.15) is 5.75 Å². The Morgan fingerprint density at radius 1 is 1.07 bits per heavy atom. The van der Waals surface area contributed by atoms with Crippen molar-refractivity contribution in [2.24, 2.45) is 5.92 Å². The molecule has 0 N–H and O–H groups in total. The Labute approximate surface area is 160 Å². The molecule has 5 nitrogen and oxygen atoms in total. The summed E-state index contributed by atoms with van der Waals surface area (Å²) in [6, 6.07) is 9.30. The molecular weight excluding hydrogens is 371 g/mol. The molecule has 1 saturated carbocycles. The minimum Gasteiger partial charge on any atom is -0.476 e. The lowest BCUT2D eigenvalue weighted by Crippen LogP contribution is -2.17. The Morgan fingerprint density at radius 3 is 2.68 bits per heavy atom. The second kappa shape index (κ2) is 7.69. The fourth-order valence-electron chi connectivity index (χ4n) is 3.54. The normalized spacial score (nSPS) is 15.7. The number of benzene rings is 1. The van der Waals surface area contributed by atoms with E-state index in [2.05, 4.69) is 14.8 Å². The summed E-state index contributed by atoms with van der Waals surface area (Å²) in [5, 5.41) is 4.47. The molecule has 148 valence electrons. The summed E-state index contributed by atoms with van der Waals surface area (Å²) in [4.78, 5) is 4.27. The Balaban J connectivity index is 1.57. The van der Waals surface area contributed by atoms with Crippen molar-refractivity contribution in [3.63, 3.8) is 0 Å². The van der Waals surface area contributed by atoms with Gasteiger partial charge < -0.3 is 9.47 Å². The van der Waals surface area contributed by atoms with Crippen LogP contribution in [0.4, 0.5) is 13.2 Å². The second-order valence-electron chi connectivity index (χ2n) is 6.98. The van der Waals surface area contributed by atoms with E-state index in [4.69, 9.17) is 4.74 Å². The average molecular weight is 391 g/mol. The molecule has 1 aliphatic carbocycles. The Morgan fingerprint density at radius 2 is 1.89 bits per heavy atom. The van der Waals surface area contributed by atoms with Crippen LogP contribution in [0.15, 0.2) is 42.6 Å². The van der Waals surface area contributed by atoms with Crippen LogP contribution < -0.4 is 9.47 Å². The highest BCUT2D eigenvalue weighted by atomic mass is 19.4. The lowest BCUT2D eigenvalue weighted by molar-refractivity contribution is -0.274. The fourth-order valence-corrected chi connectivity index (χ4v) is 3.54. The van der Waals surface area contributed by atoms with Crippen molar-refractivity contribution >= 4 is 5.65 Å². The first-order chi connectivity index (χ1) is 13.5. The fraction of sp³-hybridized carbons (Fsp3) is 0.400. The van der Waals surface area contributed by atoms with Crippen LogP contribution in [0.2, 0.25) is 0 Å². The molecule has 0 atom stereocenters. The minimum atomic E-state index is -4.74. The molecule has 4 rings (SSSR count). The first-order valence-corrected chi connectivity index (χ1v) is 9.32. The molecule has 8 heteroatoms. The quantitative estimate of drug-likeness (QED) is 0.596. The number of imidazole rings is 1. The largest absolute Gasteiger partial charge is 0.573 e. The van der Waals surface area contributed by atoms with E-state index in [0.717, 1.165) is 0 Å². The lowest BCUT2D eigenvalue weighted by Gasteiger charge is -2.21. The van der Waals surface area contributed by atoms with Crippen LogP contribution in [0, 0.1) is 5.92 Å². The van der Waals surface area contributed by atoms with E-state index in [9.17, 15) is 13.2 Å². The SMILES string of the molecule is FC(F)(F)Oc1cccc(-c2cnc3ccc(OCC4CCCCC4)nn23)c1. The standard InChI is InChI=1S/C20H20F3N3O2/c21-20(22,23)28-16-8-4-7-15(11-16)17-12-24-18-9-10-19(25-26(17)18)27-13-14-5-2-1-3-6-14/h4,7-12,14H,1-3,5-6,13H2. The third kappa shape index (κ3) is 4.37. The van der Waals surface area contributed by atoms with E-state index in [1.165, 1.54) is 50.3 Å². The van der Waals surface area contributed by atoms with Gasteiger partial charge in [-0.1, -0.05) is 31.4 Å². The van der Waals surface area contributed by atoms with Crippen LogP contribution in [0.3, 0.4) is 0 Å². The zero-order chi connectivity index (χ0) is 19.6. The summed E-state index contributed by atoms with van der Waals surface area (Å²) in [7, 11) is 0. The smallest absolute Gasteiger partial charge is 0.476 e. The van der Waals surface area contributed by atoms with Gasteiger partial charge in [0.15, 0.2) is 5.65 Å². The number of hydrogen-bond acceptors (Lipinski definition) is 4. The number of halogens is 3. The predicted octanol–water partition coefficient (Wildman–Crippen LogP) is 5.25. The van der Waals surface area contributed by atoms with E-state index in [1.54, 1.807) is 28.9 Å². The molecule has 28 heavy (non-hydrogen) atoms. The Bertz CT molecular complexity index is 949. The second-order valence-corrected chi connectivity index (χ2v) is 6.98. The molecule has 1 fully saturated rings. The number of rotatable bonds is 5. The van der Waals surface area contributed by atoms with Crippen molar-refractivity contribution < 1.29 is 22.6 Å². The van der Waals surface area contributed by atoms with Gasteiger partial charge in [-0.15, -0.1) is 18.3 Å². The van der Waals surface area contributed by atoms with Gasteiger partial charge in [0, 0.05) is 11.6 Å². The van der Waals surface area contributed by atoms with Crippen LogP contribution in [0.25, 0.3) is 16.9 Å². The van der Waals surface area contributed by atoms with E-state index in [0.29, 0.717) is 35.3 Å². The van der Waals surface area contributed by atoms with Crippen molar-refractivity contribution in [3.8, 4) is 22.9 Å². The van der Waals surface area contributed by atoms with Gasteiger partial charge in [0.25, 0.3) is 0 Å². The van der Waals surface area contributed by atoms with Crippen molar-refractivity contribution in [1.82, 2.24) is 14.6 Å². The maximum atomic E-state index is 12.5. The summed E-state index contributed by atoms with van der Waals surface area (Å²) < 4.78 is 48.9. The molecule has 0 amide bonds. The van der Waals surface area contributed by atoms with E-state index < -0.39 is 6.36 Å². The average Bonchev–Trinajstić information content (AvgIpc) is 3.09. The molecule has 0 saturated heterocycles. The summed E-state index contributed by atoms with van der Waals surface area (Å²) in [6.07, 6.45) is 2.94. The first kappa shape index (κ1) is 18.6. The number of nitrogens with zero attached hydrogens (tertiary/aromatic N) is 3. The monoisotopic (exact) mass is 391 g/mol. The summed E-state index contributed by atoms with van der Waals surface area (Å²) in [5.74, 6) is 0.731. The van der Waals surface area contributed by atoms with E-state index in [-0.39, 0.29) is 5.75 Å². The van der Waals surface area contributed by atoms with Gasteiger partial charge in [-0.3, -0.25) is 0 Å². The topological polar surface area (TPSA) is 48.7 Å². The van der Waals surface area contributed by atoms with Gasteiger partial charge in [0.2, 0.25) is 5.88 Å². The molecule has 1 aliphatic rings. The van der Waals surface area contributed by atoms with E-state index >= 15 is 0 Å². The number of aromatic nitrogens is 3. The van der Waals surface area contributed by atoms with Crippen molar-refractivity contribution in [3.05, 3.63) is 42.6 Å². The first-order valence-electron chi connectivity index (χ1n) is 9.32. The summed E-state index contributed by atoms with van der Waals surface area (Å²) in [6.45, 7) is 0.622. The molecule has 0 unspecified atom stereocenters. The molecule has 1 aromatic carbocycles. The third-order valence-electron chi connectivity index (χ3n) is 4.89. The lowest BCUT2D eigenvalue weighted by atomic mass is 9.90. The number of fused-ring (bicyclic) bond motifs is 1. The van der Waals surface area contributed by atoms with Crippen LogP contribution in [-0.4, -0.2) is 27.6 Å². The Kier molecular flexibility index (Phi) is 5.11. The highest BCUT2D eigenvalue weighted by Crippen LogP contribution is 2.29. The van der Waals surface area contributed by atoms with Gasteiger partial charge in [0.05, 0.1) is 18.5 Å². The predicted molar refractivity (Wildman–Crippen MR) is 97.2 cm³/mol. The van der Waals surface area contributed by atoms with Gasteiger partial charge >= 0.3 is 6.36 Å². The van der Waals surface area contributed by atoms with Gasteiger partial charge in [-0.25, -0.2) is 9.50 Å². The Hall–Kier alpha value is -2.77. The molecular formula is C20H20F3N3O2. The summed E-state index contributed by atoms with van der Waals surface area (Å²) in [5.41, 5.74) is 1.67. The van der Waals surface area contributed by atoms with Crippen molar-refractivity contribution in [2.75, 3.05) is 6.61 Å². The molecule has 2 aromatic heterocycles. The minimum absolute atomic E-state index is 0.287. The highest BCUT2D eigenvalue weighted by Gasteiger charge is 2.31. The van der Waals surface area contributed by atoms with Crippen molar-refractivity contribution in [1.29, 1.82) is 0 Å². The number of alkyl halides is 3. The molecule has 0 aliphatic heterocycles. The zero-order valence-electron chi connectivity index (χ0n) is 15.2. The van der Waals surface area contributed by atoms with Gasteiger partial charge in [-0.05, 0) is 37.0 Å². The third-order valence-corrected chi connectivity index (χ3v) is 4.89. The molecule has 3 aromatic rings.